The summed E-state index contributed by atoms with van der Waals surface area (Å²) < 4.78 is 1.78. The number of carbonyl (C=O) groups excluding carboxylic acids is 1. The summed E-state index contributed by atoms with van der Waals surface area (Å²) in [4.78, 5) is 20.4. The van der Waals surface area contributed by atoms with E-state index in [1.807, 2.05) is 42.5 Å². The van der Waals surface area contributed by atoms with Gasteiger partial charge in [0.05, 0.1) is 12.5 Å². The summed E-state index contributed by atoms with van der Waals surface area (Å²) in [6, 6.07) is 13.6. The highest BCUT2D eigenvalue weighted by Gasteiger charge is 2.12. The SMILES string of the molecule is O=C(NCCc1cccnc1)c1cncn1-c1ccccc1. The lowest BCUT2D eigenvalue weighted by atomic mass is 10.2. The highest BCUT2D eigenvalue weighted by Crippen LogP contribution is 2.10. The maximum absolute atomic E-state index is 12.3. The average molecular weight is 292 g/mol. The molecule has 0 radical (unpaired) electrons. The third kappa shape index (κ3) is 3.20. The summed E-state index contributed by atoms with van der Waals surface area (Å²) in [5.74, 6) is -0.134. The monoisotopic (exact) mass is 292 g/mol. The van der Waals surface area contributed by atoms with Gasteiger partial charge in [0.2, 0.25) is 0 Å². The lowest BCUT2D eigenvalue weighted by molar-refractivity contribution is 0.0947. The molecule has 5 nitrogen and oxygen atoms in total. The van der Waals surface area contributed by atoms with Gasteiger partial charge in [0.25, 0.3) is 5.91 Å². The third-order valence-electron chi connectivity index (χ3n) is 3.33. The first-order valence-electron chi connectivity index (χ1n) is 7.09. The van der Waals surface area contributed by atoms with Crippen LogP contribution < -0.4 is 5.32 Å². The molecule has 0 aliphatic rings. The van der Waals surface area contributed by atoms with Crippen molar-refractivity contribution in [2.75, 3.05) is 6.54 Å². The van der Waals surface area contributed by atoms with Gasteiger partial charge >= 0.3 is 0 Å². The Morgan fingerprint density at radius 2 is 1.91 bits per heavy atom. The summed E-state index contributed by atoms with van der Waals surface area (Å²) in [6.07, 6.45) is 7.51. The fourth-order valence-electron chi connectivity index (χ4n) is 2.21. The van der Waals surface area contributed by atoms with Gasteiger partial charge in [-0.3, -0.25) is 14.3 Å². The van der Waals surface area contributed by atoms with E-state index in [2.05, 4.69) is 15.3 Å². The van der Waals surface area contributed by atoms with Gasteiger partial charge in [0.1, 0.15) is 5.69 Å². The van der Waals surface area contributed by atoms with E-state index in [0.29, 0.717) is 12.2 Å². The largest absolute Gasteiger partial charge is 0.350 e. The van der Waals surface area contributed by atoms with E-state index in [1.165, 1.54) is 0 Å². The van der Waals surface area contributed by atoms with Crippen LogP contribution >= 0.6 is 0 Å². The molecule has 0 spiro atoms. The molecule has 5 heteroatoms. The number of pyridine rings is 1. The van der Waals surface area contributed by atoms with Crippen molar-refractivity contribution in [1.29, 1.82) is 0 Å². The van der Waals surface area contributed by atoms with Gasteiger partial charge in [-0.15, -0.1) is 0 Å². The second kappa shape index (κ2) is 6.67. The minimum Gasteiger partial charge on any atom is -0.350 e. The number of rotatable bonds is 5. The van der Waals surface area contributed by atoms with E-state index in [-0.39, 0.29) is 5.91 Å². The summed E-state index contributed by atoms with van der Waals surface area (Å²) >= 11 is 0. The molecular weight excluding hydrogens is 276 g/mol. The Morgan fingerprint density at radius 1 is 1.05 bits per heavy atom. The number of amides is 1. The van der Waals surface area contributed by atoms with E-state index in [1.54, 1.807) is 29.5 Å². The zero-order chi connectivity index (χ0) is 15.2. The Kier molecular flexibility index (Phi) is 4.25. The molecular formula is C17H16N4O. The van der Waals surface area contributed by atoms with Gasteiger partial charge in [0, 0.05) is 24.6 Å². The van der Waals surface area contributed by atoms with E-state index >= 15 is 0 Å². The van der Waals surface area contributed by atoms with Gasteiger partial charge in [-0.05, 0) is 30.2 Å². The van der Waals surface area contributed by atoms with E-state index < -0.39 is 0 Å². The van der Waals surface area contributed by atoms with Gasteiger partial charge in [-0.1, -0.05) is 24.3 Å². The molecule has 1 amide bonds. The molecule has 3 rings (SSSR count). The number of benzene rings is 1. The fourth-order valence-corrected chi connectivity index (χ4v) is 2.21. The number of nitrogens with one attached hydrogen (secondary N) is 1. The quantitative estimate of drug-likeness (QED) is 0.784. The van der Waals surface area contributed by atoms with Crippen molar-refractivity contribution in [2.24, 2.45) is 0 Å². The molecule has 2 heterocycles. The number of aromatic nitrogens is 3. The zero-order valence-corrected chi connectivity index (χ0v) is 12.0. The molecule has 1 N–H and O–H groups in total. The van der Waals surface area contributed by atoms with E-state index in [9.17, 15) is 4.79 Å². The van der Waals surface area contributed by atoms with Crippen molar-refractivity contribution < 1.29 is 4.79 Å². The Balaban J connectivity index is 1.65. The minimum absolute atomic E-state index is 0.134. The smallest absolute Gasteiger partial charge is 0.269 e. The van der Waals surface area contributed by atoms with Crippen LogP contribution in [0.4, 0.5) is 0 Å². The lowest BCUT2D eigenvalue weighted by Crippen LogP contribution is -2.27. The molecule has 0 atom stereocenters. The molecule has 22 heavy (non-hydrogen) atoms. The first-order valence-corrected chi connectivity index (χ1v) is 7.09. The third-order valence-corrected chi connectivity index (χ3v) is 3.33. The van der Waals surface area contributed by atoms with Crippen molar-refractivity contribution in [3.8, 4) is 5.69 Å². The van der Waals surface area contributed by atoms with Crippen molar-refractivity contribution >= 4 is 5.91 Å². The van der Waals surface area contributed by atoms with Crippen LogP contribution in [0.15, 0.2) is 67.4 Å². The first-order chi connectivity index (χ1) is 10.8. The fraction of sp³-hybridized carbons (Fsp3) is 0.118. The zero-order valence-electron chi connectivity index (χ0n) is 12.0. The topological polar surface area (TPSA) is 59.8 Å². The van der Waals surface area contributed by atoms with Crippen LogP contribution in [0.3, 0.4) is 0 Å². The normalized spacial score (nSPS) is 10.4. The molecule has 0 fully saturated rings. The van der Waals surface area contributed by atoms with Crippen LogP contribution in [0, 0.1) is 0 Å². The van der Waals surface area contributed by atoms with Crippen LogP contribution in [0.1, 0.15) is 16.1 Å². The Labute approximate surface area is 128 Å². The Hall–Kier alpha value is -2.95. The Bertz CT molecular complexity index is 738. The molecule has 2 aromatic heterocycles. The van der Waals surface area contributed by atoms with Crippen molar-refractivity contribution in [3.63, 3.8) is 0 Å². The maximum atomic E-state index is 12.3. The standard InChI is InChI=1S/C17H16N4O/c22-17(20-10-8-14-5-4-9-18-11-14)16-12-19-13-21(16)15-6-2-1-3-7-15/h1-7,9,11-13H,8,10H2,(H,20,22). The molecule has 0 unspecified atom stereocenters. The van der Waals surface area contributed by atoms with Gasteiger partial charge in [-0.25, -0.2) is 4.98 Å². The van der Waals surface area contributed by atoms with Crippen LogP contribution in [-0.2, 0) is 6.42 Å². The predicted molar refractivity (Wildman–Crippen MR) is 83.8 cm³/mol. The molecule has 1 aromatic carbocycles. The van der Waals surface area contributed by atoms with Crippen LogP contribution in [0.2, 0.25) is 0 Å². The molecule has 0 saturated carbocycles. The van der Waals surface area contributed by atoms with Crippen molar-refractivity contribution in [2.45, 2.75) is 6.42 Å². The van der Waals surface area contributed by atoms with Crippen molar-refractivity contribution in [1.82, 2.24) is 19.9 Å². The summed E-state index contributed by atoms with van der Waals surface area (Å²) in [7, 11) is 0. The maximum Gasteiger partial charge on any atom is 0.269 e. The number of carbonyl (C=O) groups is 1. The van der Waals surface area contributed by atoms with Gasteiger partial charge in [-0.2, -0.15) is 0 Å². The summed E-state index contributed by atoms with van der Waals surface area (Å²) in [6.45, 7) is 0.560. The lowest BCUT2D eigenvalue weighted by Gasteiger charge is -2.08. The van der Waals surface area contributed by atoms with Crippen LogP contribution in [-0.4, -0.2) is 27.0 Å². The molecule has 0 aliphatic heterocycles. The number of imidazole rings is 1. The van der Waals surface area contributed by atoms with Crippen LogP contribution in [0.5, 0.6) is 0 Å². The van der Waals surface area contributed by atoms with Gasteiger partial charge < -0.3 is 5.32 Å². The molecule has 0 aliphatic carbocycles. The molecule has 0 bridgehead atoms. The molecule has 3 aromatic rings. The number of hydrogen-bond acceptors (Lipinski definition) is 3. The second-order valence-electron chi connectivity index (χ2n) is 4.85. The predicted octanol–water partition coefficient (Wildman–Crippen LogP) is 2.24. The highest BCUT2D eigenvalue weighted by atomic mass is 16.1. The second-order valence-corrected chi connectivity index (χ2v) is 4.85. The summed E-state index contributed by atoms with van der Waals surface area (Å²) in [5, 5.41) is 2.92. The van der Waals surface area contributed by atoms with Gasteiger partial charge in [0.15, 0.2) is 0 Å². The summed E-state index contributed by atoms with van der Waals surface area (Å²) in [5.41, 5.74) is 2.54. The average Bonchev–Trinajstić information content (AvgIpc) is 3.06. The highest BCUT2D eigenvalue weighted by molar-refractivity contribution is 5.93. The minimum atomic E-state index is -0.134. The van der Waals surface area contributed by atoms with E-state index in [0.717, 1.165) is 17.7 Å². The van der Waals surface area contributed by atoms with Crippen molar-refractivity contribution in [3.05, 3.63) is 78.6 Å². The molecule has 0 saturated heterocycles. The number of nitrogens with zero attached hydrogens (tertiary/aromatic N) is 3. The molecule has 110 valence electrons. The number of para-hydroxylation sites is 1. The van der Waals surface area contributed by atoms with E-state index in [4.69, 9.17) is 0 Å². The number of hydrogen-bond donors (Lipinski definition) is 1. The Morgan fingerprint density at radius 3 is 2.68 bits per heavy atom. The first kappa shape index (κ1) is 14.0. The van der Waals surface area contributed by atoms with Crippen LogP contribution in [0.25, 0.3) is 5.69 Å².